The number of imidazole rings is 1. The van der Waals surface area contributed by atoms with E-state index in [0.717, 1.165) is 12.1 Å². The molecule has 0 saturated carbocycles. The maximum Gasteiger partial charge on any atom is 0.240 e. The van der Waals surface area contributed by atoms with Crippen LogP contribution in [-0.2, 0) is 4.79 Å². The normalized spacial score (nSPS) is 10.9. The maximum absolute atomic E-state index is 13.5. The van der Waals surface area contributed by atoms with Gasteiger partial charge in [0, 0.05) is 11.8 Å². The minimum atomic E-state index is -0.982. The van der Waals surface area contributed by atoms with E-state index >= 15 is 0 Å². The zero-order chi connectivity index (χ0) is 15.7. The number of anilines is 1. The number of alkyl halides is 1. The van der Waals surface area contributed by atoms with Crippen LogP contribution in [0.25, 0.3) is 16.9 Å². The number of hydrogen-bond acceptors (Lipinski definition) is 2. The van der Waals surface area contributed by atoms with Gasteiger partial charge in [-0.15, -0.1) is 11.6 Å². The Bertz CT molecular complexity index is 863. The topological polar surface area (TPSA) is 46.4 Å². The van der Waals surface area contributed by atoms with Crippen molar-refractivity contribution in [3.63, 3.8) is 0 Å². The van der Waals surface area contributed by atoms with E-state index in [4.69, 9.17) is 11.6 Å². The van der Waals surface area contributed by atoms with Gasteiger partial charge in [0.15, 0.2) is 11.6 Å². The van der Waals surface area contributed by atoms with Crippen molar-refractivity contribution in [2.45, 2.75) is 0 Å². The van der Waals surface area contributed by atoms with Crippen LogP contribution in [0.15, 0.2) is 42.6 Å². The monoisotopic (exact) mass is 321 g/mol. The molecule has 1 aromatic carbocycles. The Balaban J connectivity index is 2.20. The lowest BCUT2D eigenvalue weighted by atomic mass is 10.1. The number of hydrogen-bond donors (Lipinski definition) is 1. The van der Waals surface area contributed by atoms with E-state index in [2.05, 4.69) is 10.3 Å². The smallest absolute Gasteiger partial charge is 0.240 e. The van der Waals surface area contributed by atoms with Gasteiger partial charge < -0.3 is 5.32 Å². The molecule has 0 radical (unpaired) electrons. The summed E-state index contributed by atoms with van der Waals surface area (Å²) in [6.07, 6.45) is 1.70. The third-order valence-electron chi connectivity index (χ3n) is 3.10. The highest BCUT2D eigenvalue weighted by atomic mass is 35.5. The summed E-state index contributed by atoms with van der Waals surface area (Å²) in [7, 11) is 0. The molecule has 0 unspecified atom stereocenters. The van der Waals surface area contributed by atoms with Gasteiger partial charge in [0.25, 0.3) is 0 Å². The van der Waals surface area contributed by atoms with Crippen molar-refractivity contribution in [1.82, 2.24) is 9.38 Å². The molecule has 22 heavy (non-hydrogen) atoms. The van der Waals surface area contributed by atoms with Crippen LogP contribution in [0.3, 0.4) is 0 Å². The molecule has 0 atom stereocenters. The number of halogens is 3. The molecule has 2 heterocycles. The van der Waals surface area contributed by atoms with Crippen molar-refractivity contribution in [2.75, 3.05) is 11.2 Å². The predicted octanol–water partition coefficient (Wildman–Crippen LogP) is 3.46. The van der Waals surface area contributed by atoms with E-state index in [1.165, 1.54) is 6.07 Å². The summed E-state index contributed by atoms with van der Waals surface area (Å²) in [4.78, 5) is 16.0. The largest absolute Gasteiger partial charge is 0.309 e. The molecule has 0 aliphatic rings. The lowest BCUT2D eigenvalue weighted by Gasteiger charge is -2.06. The molecule has 112 valence electrons. The SMILES string of the molecule is O=C(CCl)Nc1c(-c2ccc(F)c(F)c2)nc2ccccn12. The molecule has 7 heteroatoms. The maximum atomic E-state index is 13.5. The minimum absolute atomic E-state index is 0.225. The number of benzene rings is 1. The fourth-order valence-electron chi connectivity index (χ4n) is 2.13. The quantitative estimate of drug-likeness (QED) is 0.751. The second-order valence-electron chi connectivity index (χ2n) is 4.55. The first-order valence-corrected chi connectivity index (χ1v) is 6.92. The second kappa shape index (κ2) is 5.73. The molecule has 2 aromatic heterocycles. The minimum Gasteiger partial charge on any atom is -0.309 e. The Morgan fingerprint density at radius 1 is 1.23 bits per heavy atom. The number of fused-ring (bicyclic) bond motifs is 1. The van der Waals surface area contributed by atoms with Crippen LogP contribution < -0.4 is 5.32 Å². The van der Waals surface area contributed by atoms with Crippen molar-refractivity contribution in [1.29, 1.82) is 0 Å². The lowest BCUT2D eigenvalue weighted by Crippen LogP contribution is -2.14. The van der Waals surface area contributed by atoms with E-state index in [9.17, 15) is 13.6 Å². The number of pyridine rings is 1. The van der Waals surface area contributed by atoms with Gasteiger partial charge in [-0.1, -0.05) is 6.07 Å². The molecule has 0 bridgehead atoms. The Morgan fingerprint density at radius 3 is 2.77 bits per heavy atom. The van der Waals surface area contributed by atoms with Crippen LogP contribution in [-0.4, -0.2) is 21.2 Å². The van der Waals surface area contributed by atoms with E-state index in [-0.39, 0.29) is 5.88 Å². The Labute approximate surface area is 129 Å². The van der Waals surface area contributed by atoms with Crippen molar-refractivity contribution in [2.24, 2.45) is 0 Å². The van der Waals surface area contributed by atoms with Gasteiger partial charge in [-0.05, 0) is 30.3 Å². The molecule has 3 aromatic rings. The fraction of sp³-hybridized carbons (Fsp3) is 0.0667. The molecular formula is C15H10ClF2N3O. The third kappa shape index (κ3) is 2.53. The zero-order valence-electron chi connectivity index (χ0n) is 11.2. The molecule has 1 amide bonds. The molecular weight excluding hydrogens is 312 g/mol. The number of aromatic nitrogens is 2. The van der Waals surface area contributed by atoms with Gasteiger partial charge in [-0.25, -0.2) is 13.8 Å². The first kappa shape index (κ1) is 14.5. The third-order valence-corrected chi connectivity index (χ3v) is 3.34. The van der Waals surface area contributed by atoms with Gasteiger partial charge in [0.05, 0.1) is 0 Å². The van der Waals surface area contributed by atoms with Gasteiger partial charge in [-0.2, -0.15) is 0 Å². The van der Waals surface area contributed by atoms with Gasteiger partial charge in [0.1, 0.15) is 23.0 Å². The fourth-order valence-corrected chi connectivity index (χ4v) is 2.19. The summed E-state index contributed by atoms with van der Waals surface area (Å²) in [5.74, 6) is -2.22. The molecule has 3 rings (SSSR count). The molecule has 0 aliphatic carbocycles. The van der Waals surface area contributed by atoms with E-state index < -0.39 is 17.5 Å². The van der Waals surface area contributed by atoms with Crippen LogP contribution in [0.2, 0.25) is 0 Å². The summed E-state index contributed by atoms with van der Waals surface area (Å²) in [6, 6.07) is 8.73. The van der Waals surface area contributed by atoms with Crippen molar-refractivity contribution in [3.05, 3.63) is 54.2 Å². The van der Waals surface area contributed by atoms with Crippen LogP contribution in [0.5, 0.6) is 0 Å². The Kier molecular flexibility index (Phi) is 3.77. The number of carbonyl (C=O) groups excluding carboxylic acids is 1. The van der Waals surface area contributed by atoms with Gasteiger partial charge in [0.2, 0.25) is 5.91 Å². The molecule has 0 saturated heterocycles. The molecule has 0 spiro atoms. The summed E-state index contributed by atoms with van der Waals surface area (Å²) >= 11 is 5.51. The highest BCUT2D eigenvalue weighted by Crippen LogP contribution is 2.29. The number of carbonyl (C=O) groups is 1. The van der Waals surface area contributed by atoms with E-state index in [0.29, 0.717) is 22.7 Å². The first-order valence-electron chi connectivity index (χ1n) is 6.38. The molecule has 0 aliphatic heterocycles. The van der Waals surface area contributed by atoms with Crippen LogP contribution in [0.1, 0.15) is 0 Å². The number of amides is 1. The number of nitrogens with one attached hydrogen (secondary N) is 1. The highest BCUT2D eigenvalue weighted by molar-refractivity contribution is 6.29. The summed E-state index contributed by atoms with van der Waals surface area (Å²) in [5.41, 5.74) is 1.25. The van der Waals surface area contributed by atoms with Crippen LogP contribution >= 0.6 is 11.6 Å². The second-order valence-corrected chi connectivity index (χ2v) is 4.82. The lowest BCUT2D eigenvalue weighted by molar-refractivity contribution is -0.113. The van der Waals surface area contributed by atoms with Gasteiger partial charge in [-0.3, -0.25) is 9.20 Å². The zero-order valence-corrected chi connectivity index (χ0v) is 11.9. The van der Waals surface area contributed by atoms with E-state index in [1.54, 1.807) is 28.8 Å². The molecule has 1 N–H and O–H groups in total. The van der Waals surface area contributed by atoms with Crippen molar-refractivity contribution < 1.29 is 13.6 Å². The van der Waals surface area contributed by atoms with Crippen molar-refractivity contribution in [3.8, 4) is 11.3 Å². The average Bonchev–Trinajstić information content (AvgIpc) is 2.89. The molecule has 0 fully saturated rings. The van der Waals surface area contributed by atoms with Crippen LogP contribution in [0.4, 0.5) is 14.6 Å². The number of rotatable bonds is 3. The van der Waals surface area contributed by atoms with E-state index in [1.807, 2.05) is 0 Å². The predicted molar refractivity (Wildman–Crippen MR) is 79.9 cm³/mol. The number of nitrogens with zero attached hydrogens (tertiary/aromatic N) is 2. The Hall–Kier alpha value is -2.47. The molecule has 4 nitrogen and oxygen atoms in total. The van der Waals surface area contributed by atoms with Crippen LogP contribution in [0, 0.1) is 11.6 Å². The average molecular weight is 322 g/mol. The standard InChI is InChI=1S/C15H10ClF2N3O/c16-8-13(22)20-15-14(9-4-5-10(17)11(18)7-9)19-12-3-1-2-6-21(12)15/h1-7H,8H2,(H,20,22). The van der Waals surface area contributed by atoms with Gasteiger partial charge >= 0.3 is 0 Å². The first-order chi connectivity index (χ1) is 10.6. The summed E-state index contributed by atoms with van der Waals surface area (Å²) < 4.78 is 28.2. The Morgan fingerprint density at radius 2 is 2.05 bits per heavy atom. The summed E-state index contributed by atoms with van der Waals surface area (Å²) in [5, 5.41) is 2.63. The van der Waals surface area contributed by atoms with Crippen molar-refractivity contribution >= 4 is 29.0 Å². The highest BCUT2D eigenvalue weighted by Gasteiger charge is 2.17. The summed E-state index contributed by atoms with van der Waals surface area (Å²) in [6.45, 7) is 0.